The maximum atomic E-state index is 13.2. The molecule has 1 atom stereocenters. The number of carbonyl (C=O) groups excluding carboxylic acids is 1. The molecule has 0 spiro atoms. The minimum absolute atomic E-state index is 0.00897. The van der Waals surface area contributed by atoms with Crippen molar-refractivity contribution >= 4 is 31.6 Å². The quantitative estimate of drug-likeness (QED) is 0.634. The standard InChI is InChI=1S/C22H26FN3O6S2/c23-18-3-7-20(8-4-18)34(30,31)26-11-1-2-17(16-26)22(27)24-19-5-9-21(10-6-19)33(28,29)25-12-14-32-15-13-25/h3-10,17H,1-2,11-16H2,(H,24,27). The number of benzene rings is 2. The van der Waals surface area contributed by atoms with Crippen molar-refractivity contribution in [3.05, 3.63) is 54.3 Å². The molecule has 2 aliphatic rings. The van der Waals surface area contributed by atoms with E-state index in [9.17, 15) is 26.0 Å². The number of sulfonamides is 2. The zero-order valence-electron chi connectivity index (χ0n) is 18.4. The Morgan fingerprint density at radius 1 is 0.853 bits per heavy atom. The van der Waals surface area contributed by atoms with Crippen molar-refractivity contribution in [1.29, 1.82) is 0 Å². The monoisotopic (exact) mass is 511 g/mol. The topological polar surface area (TPSA) is 113 Å². The first-order valence-corrected chi connectivity index (χ1v) is 13.8. The summed E-state index contributed by atoms with van der Waals surface area (Å²) in [6.45, 7) is 1.57. The number of hydrogen-bond donors (Lipinski definition) is 1. The molecule has 2 fully saturated rings. The highest BCUT2D eigenvalue weighted by atomic mass is 32.2. The molecule has 4 rings (SSSR count). The summed E-state index contributed by atoms with van der Waals surface area (Å²) in [5.41, 5.74) is 0.421. The van der Waals surface area contributed by atoms with Crippen LogP contribution in [0.25, 0.3) is 0 Å². The lowest BCUT2D eigenvalue weighted by Crippen LogP contribution is -2.43. The van der Waals surface area contributed by atoms with Crippen LogP contribution >= 0.6 is 0 Å². The summed E-state index contributed by atoms with van der Waals surface area (Å²) in [6.07, 6.45) is 1.03. The van der Waals surface area contributed by atoms with Crippen LogP contribution in [0.1, 0.15) is 12.8 Å². The molecule has 1 N–H and O–H groups in total. The van der Waals surface area contributed by atoms with Gasteiger partial charge in [0, 0.05) is 31.9 Å². The van der Waals surface area contributed by atoms with Crippen molar-refractivity contribution in [1.82, 2.24) is 8.61 Å². The predicted octanol–water partition coefficient (Wildman–Crippen LogP) is 1.89. The number of piperidine rings is 1. The summed E-state index contributed by atoms with van der Waals surface area (Å²) in [5, 5.41) is 2.75. The fraction of sp³-hybridized carbons (Fsp3) is 0.409. The smallest absolute Gasteiger partial charge is 0.243 e. The number of amides is 1. The second-order valence-electron chi connectivity index (χ2n) is 8.19. The predicted molar refractivity (Wildman–Crippen MR) is 123 cm³/mol. The number of ether oxygens (including phenoxy) is 1. The molecule has 2 aliphatic heterocycles. The van der Waals surface area contributed by atoms with Crippen molar-refractivity contribution in [3.63, 3.8) is 0 Å². The number of halogens is 1. The highest BCUT2D eigenvalue weighted by Crippen LogP contribution is 2.26. The van der Waals surface area contributed by atoms with Crippen LogP contribution in [-0.2, 0) is 29.6 Å². The van der Waals surface area contributed by atoms with Crippen LogP contribution in [0.5, 0.6) is 0 Å². The third kappa shape index (κ3) is 5.31. The minimum atomic E-state index is -3.84. The van der Waals surface area contributed by atoms with Crippen molar-refractivity contribution < 1.29 is 30.8 Å². The van der Waals surface area contributed by atoms with Gasteiger partial charge < -0.3 is 10.1 Å². The average Bonchev–Trinajstić information content (AvgIpc) is 2.85. The summed E-state index contributed by atoms with van der Waals surface area (Å²) in [7, 11) is -7.48. The van der Waals surface area contributed by atoms with Gasteiger partial charge in [-0.3, -0.25) is 4.79 Å². The first kappa shape index (κ1) is 24.7. The molecule has 12 heteroatoms. The second kappa shape index (κ2) is 10.1. The molecule has 2 heterocycles. The summed E-state index contributed by atoms with van der Waals surface area (Å²) in [6, 6.07) is 10.5. The first-order chi connectivity index (χ1) is 16.2. The Morgan fingerprint density at radius 2 is 1.41 bits per heavy atom. The van der Waals surface area contributed by atoms with Gasteiger partial charge in [0.25, 0.3) is 0 Å². The van der Waals surface area contributed by atoms with Crippen molar-refractivity contribution in [3.8, 4) is 0 Å². The van der Waals surface area contributed by atoms with Crippen LogP contribution in [0.2, 0.25) is 0 Å². The zero-order valence-corrected chi connectivity index (χ0v) is 20.0. The number of morpholine rings is 1. The summed E-state index contributed by atoms with van der Waals surface area (Å²) in [5.74, 6) is -1.44. The summed E-state index contributed by atoms with van der Waals surface area (Å²) >= 11 is 0. The molecule has 2 aromatic carbocycles. The lowest BCUT2D eigenvalue weighted by molar-refractivity contribution is -0.120. The van der Waals surface area contributed by atoms with E-state index in [0.717, 1.165) is 12.1 Å². The van der Waals surface area contributed by atoms with E-state index in [1.54, 1.807) is 0 Å². The van der Waals surface area contributed by atoms with Crippen LogP contribution < -0.4 is 5.32 Å². The Morgan fingerprint density at radius 3 is 2.03 bits per heavy atom. The fourth-order valence-corrected chi connectivity index (χ4v) is 6.95. The van der Waals surface area contributed by atoms with E-state index in [4.69, 9.17) is 4.74 Å². The maximum Gasteiger partial charge on any atom is 0.243 e. The number of rotatable bonds is 6. The lowest BCUT2D eigenvalue weighted by atomic mass is 9.99. The number of hydrogen-bond acceptors (Lipinski definition) is 6. The van der Waals surface area contributed by atoms with E-state index in [-0.39, 0.29) is 28.8 Å². The molecule has 184 valence electrons. The Hall–Kier alpha value is -2.38. The molecular formula is C22H26FN3O6S2. The highest BCUT2D eigenvalue weighted by Gasteiger charge is 2.33. The molecule has 0 bridgehead atoms. The van der Waals surface area contributed by atoms with E-state index in [2.05, 4.69) is 5.32 Å². The van der Waals surface area contributed by atoms with Crippen molar-refractivity contribution in [2.45, 2.75) is 22.6 Å². The second-order valence-corrected chi connectivity index (χ2v) is 12.1. The fourth-order valence-electron chi connectivity index (χ4n) is 4.02. The molecule has 2 saturated heterocycles. The Bertz CT molecular complexity index is 1230. The van der Waals surface area contributed by atoms with Crippen molar-refractivity contribution in [2.75, 3.05) is 44.7 Å². The molecule has 2 aromatic rings. The normalized spacial score (nSPS) is 20.7. The van der Waals surface area contributed by atoms with E-state index in [1.807, 2.05) is 0 Å². The van der Waals surface area contributed by atoms with Crippen LogP contribution in [0.3, 0.4) is 0 Å². The van der Waals surface area contributed by atoms with Gasteiger partial charge in [-0.2, -0.15) is 8.61 Å². The van der Waals surface area contributed by atoms with Crippen LogP contribution in [-0.4, -0.2) is 70.7 Å². The van der Waals surface area contributed by atoms with E-state index >= 15 is 0 Å². The number of nitrogens with zero attached hydrogens (tertiary/aromatic N) is 2. The molecule has 1 amide bonds. The zero-order chi connectivity index (χ0) is 24.3. The molecular weight excluding hydrogens is 485 g/mol. The largest absolute Gasteiger partial charge is 0.379 e. The molecule has 9 nitrogen and oxygen atoms in total. The molecule has 1 unspecified atom stereocenters. The molecule has 0 radical (unpaired) electrons. The number of anilines is 1. The van der Waals surface area contributed by atoms with Gasteiger partial charge >= 0.3 is 0 Å². The third-order valence-corrected chi connectivity index (χ3v) is 9.73. The summed E-state index contributed by atoms with van der Waals surface area (Å²) < 4.78 is 72.2. The van der Waals surface area contributed by atoms with Crippen LogP contribution in [0.15, 0.2) is 58.3 Å². The van der Waals surface area contributed by atoms with Gasteiger partial charge in [-0.05, 0) is 61.4 Å². The molecule has 0 aromatic heterocycles. The van der Waals surface area contributed by atoms with Gasteiger partial charge in [0.15, 0.2) is 0 Å². The van der Waals surface area contributed by atoms with E-state index in [1.165, 1.54) is 45.0 Å². The first-order valence-electron chi connectivity index (χ1n) is 10.9. The molecule has 34 heavy (non-hydrogen) atoms. The lowest BCUT2D eigenvalue weighted by Gasteiger charge is -2.31. The third-order valence-electron chi connectivity index (χ3n) is 5.94. The van der Waals surface area contributed by atoms with Gasteiger partial charge in [-0.25, -0.2) is 21.2 Å². The van der Waals surface area contributed by atoms with Crippen LogP contribution in [0.4, 0.5) is 10.1 Å². The van der Waals surface area contributed by atoms with Gasteiger partial charge in [-0.1, -0.05) is 0 Å². The molecule has 0 saturated carbocycles. The molecule has 0 aliphatic carbocycles. The van der Waals surface area contributed by atoms with Gasteiger partial charge in [0.05, 0.1) is 28.9 Å². The maximum absolute atomic E-state index is 13.2. The van der Waals surface area contributed by atoms with E-state index < -0.39 is 31.8 Å². The Balaban J connectivity index is 1.41. The number of nitrogens with one attached hydrogen (secondary N) is 1. The highest BCUT2D eigenvalue weighted by molar-refractivity contribution is 7.89. The summed E-state index contributed by atoms with van der Waals surface area (Å²) in [4.78, 5) is 12.9. The van der Waals surface area contributed by atoms with Crippen LogP contribution in [0, 0.1) is 11.7 Å². The van der Waals surface area contributed by atoms with Gasteiger partial charge in [0.1, 0.15) is 5.82 Å². The van der Waals surface area contributed by atoms with Gasteiger partial charge in [-0.15, -0.1) is 0 Å². The minimum Gasteiger partial charge on any atom is -0.379 e. The Kier molecular flexibility index (Phi) is 7.33. The van der Waals surface area contributed by atoms with Gasteiger partial charge in [0.2, 0.25) is 26.0 Å². The number of carbonyl (C=O) groups is 1. The SMILES string of the molecule is O=C(Nc1ccc(S(=O)(=O)N2CCOCC2)cc1)C1CCCN(S(=O)(=O)c2ccc(F)cc2)C1. The average molecular weight is 512 g/mol. The Labute approximate surface area is 198 Å². The van der Waals surface area contributed by atoms with Crippen molar-refractivity contribution in [2.24, 2.45) is 5.92 Å². The van der Waals surface area contributed by atoms with E-state index in [0.29, 0.717) is 44.8 Å².